The van der Waals surface area contributed by atoms with Gasteiger partial charge in [-0.05, 0) is 45.2 Å². The molecule has 2 aliphatic rings. The second kappa shape index (κ2) is 4.73. The molecule has 1 N–H and O–H groups in total. The summed E-state index contributed by atoms with van der Waals surface area (Å²) in [5, 5.41) is 12.9. The Kier molecular flexibility index (Phi) is 3.51. The summed E-state index contributed by atoms with van der Waals surface area (Å²) in [6.45, 7) is 3.88. The summed E-state index contributed by atoms with van der Waals surface area (Å²) in [4.78, 5) is 2.40. The van der Waals surface area contributed by atoms with Crippen LogP contribution in [0.1, 0.15) is 39.0 Å². The lowest BCUT2D eigenvalue weighted by molar-refractivity contribution is 0.123. The van der Waals surface area contributed by atoms with Crippen LogP contribution in [0.4, 0.5) is 0 Å². The van der Waals surface area contributed by atoms with Gasteiger partial charge in [-0.25, -0.2) is 0 Å². The zero-order valence-corrected chi connectivity index (χ0v) is 10.5. The van der Waals surface area contributed by atoms with Crippen molar-refractivity contribution in [2.24, 2.45) is 5.92 Å². The second-order valence-corrected chi connectivity index (χ2v) is 5.39. The summed E-state index contributed by atoms with van der Waals surface area (Å²) >= 11 is 0. The van der Waals surface area contributed by atoms with Crippen LogP contribution >= 0.6 is 0 Å². The van der Waals surface area contributed by atoms with Crippen LogP contribution in [0, 0.1) is 17.2 Å². The third-order valence-electron chi connectivity index (χ3n) is 4.16. The van der Waals surface area contributed by atoms with E-state index < -0.39 is 0 Å². The Labute approximate surface area is 98.8 Å². The van der Waals surface area contributed by atoms with Gasteiger partial charge in [0, 0.05) is 12.6 Å². The second-order valence-electron chi connectivity index (χ2n) is 5.39. The van der Waals surface area contributed by atoms with Gasteiger partial charge in [0.1, 0.15) is 5.54 Å². The number of nitrogens with one attached hydrogen (secondary N) is 1. The maximum Gasteiger partial charge on any atom is 0.122 e. The van der Waals surface area contributed by atoms with E-state index in [0.717, 1.165) is 19.1 Å². The summed E-state index contributed by atoms with van der Waals surface area (Å²) in [7, 11) is 2.18. The van der Waals surface area contributed by atoms with Gasteiger partial charge in [-0.3, -0.25) is 5.32 Å². The van der Waals surface area contributed by atoms with Gasteiger partial charge in [0.2, 0.25) is 0 Å². The van der Waals surface area contributed by atoms with E-state index in [4.69, 9.17) is 0 Å². The first-order valence-electron chi connectivity index (χ1n) is 6.58. The van der Waals surface area contributed by atoms with E-state index in [0.29, 0.717) is 5.92 Å². The zero-order valence-electron chi connectivity index (χ0n) is 10.5. The van der Waals surface area contributed by atoms with Crippen molar-refractivity contribution in [2.45, 2.75) is 50.6 Å². The summed E-state index contributed by atoms with van der Waals surface area (Å²) in [6, 6.07) is 3.29. The smallest absolute Gasteiger partial charge is 0.122 e. The van der Waals surface area contributed by atoms with E-state index >= 15 is 0 Å². The van der Waals surface area contributed by atoms with Gasteiger partial charge < -0.3 is 4.90 Å². The molecule has 2 rings (SSSR count). The Hall–Kier alpha value is -0.590. The highest BCUT2D eigenvalue weighted by molar-refractivity contribution is 5.16. The van der Waals surface area contributed by atoms with Gasteiger partial charge in [0.25, 0.3) is 0 Å². The number of hydrogen-bond acceptors (Lipinski definition) is 3. The van der Waals surface area contributed by atoms with Crippen LogP contribution in [-0.2, 0) is 0 Å². The van der Waals surface area contributed by atoms with Crippen molar-refractivity contribution < 1.29 is 0 Å². The maximum atomic E-state index is 9.50. The van der Waals surface area contributed by atoms with Crippen LogP contribution in [-0.4, -0.2) is 36.6 Å². The molecule has 1 unspecified atom stereocenters. The van der Waals surface area contributed by atoms with Crippen LogP contribution in [0.25, 0.3) is 0 Å². The topological polar surface area (TPSA) is 39.1 Å². The molecule has 2 saturated carbocycles. The Morgan fingerprint density at radius 2 is 2.06 bits per heavy atom. The standard InChI is InChI=1S/C13H23N3/c1-3-15-13(9-14,11-7-8-11)10-16(2)12-5-4-6-12/h11-12,15H,3-8,10H2,1-2H3. The van der Waals surface area contributed by atoms with E-state index in [9.17, 15) is 5.26 Å². The van der Waals surface area contributed by atoms with Crippen LogP contribution in [0.15, 0.2) is 0 Å². The predicted octanol–water partition coefficient (Wildman–Crippen LogP) is 1.75. The minimum Gasteiger partial charge on any atom is -0.301 e. The lowest BCUT2D eigenvalue weighted by atomic mass is 9.88. The van der Waals surface area contributed by atoms with Crippen molar-refractivity contribution in [3.05, 3.63) is 0 Å². The molecule has 0 aromatic carbocycles. The van der Waals surface area contributed by atoms with E-state index in [2.05, 4.69) is 30.3 Å². The number of nitrogens with zero attached hydrogens (tertiary/aromatic N) is 2. The molecule has 0 saturated heterocycles. The summed E-state index contributed by atoms with van der Waals surface area (Å²) < 4.78 is 0. The Balaban J connectivity index is 1.97. The monoisotopic (exact) mass is 221 g/mol. The molecule has 0 amide bonds. The Bertz CT molecular complexity index is 275. The van der Waals surface area contributed by atoms with Crippen molar-refractivity contribution >= 4 is 0 Å². The van der Waals surface area contributed by atoms with E-state index in [-0.39, 0.29) is 5.54 Å². The molecule has 3 heteroatoms. The fourth-order valence-electron chi connectivity index (χ4n) is 2.74. The normalized spacial score (nSPS) is 24.9. The van der Waals surface area contributed by atoms with Crippen LogP contribution in [0.2, 0.25) is 0 Å². The largest absolute Gasteiger partial charge is 0.301 e. The minimum atomic E-state index is -0.279. The molecular weight excluding hydrogens is 198 g/mol. The first-order chi connectivity index (χ1) is 7.72. The molecule has 90 valence electrons. The van der Waals surface area contributed by atoms with Gasteiger partial charge in [-0.2, -0.15) is 5.26 Å². The molecule has 0 bridgehead atoms. The quantitative estimate of drug-likeness (QED) is 0.742. The van der Waals surface area contributed by atoms with Crippen molar-refractivity contribution in [2.75, 3.05) is 20.1 Å². The number of nitriles is 1. The average Bonchev–Trinajstić information content (AvgIpc) is 2.97. The first kappa shape index (κ1) is 11.9. The Morgan fingerprint density at radius 1 is 1.38 bits per heavy atom. The molecule has 2 aliphatic carbocycles. The number of rotatable bonds is 6. The van der Waals surface area contributed by atoms with Gasteiger partial charge in [-0.15, -0.1) is 0 Å². The molecule has 0 radical (unpaired) electrons. The molecule has 0 aromatic rings. The lowest BCUT2D eigenvalue weighted by Gasteiger charge is -2.40. The van der Waals surface area contributed by atoms with E-state index in [1.807, 2.05) is 0 Å². The van der Waals surface area contributed by atoms with Crippen molar-refractivity contribution in [1.82, 2.24) is 10.2 Å². The van der Waals surface area contributed by atoms with Crippen molar-refractivity contribution in [1.29, 1.82) is 5.26 Å². The van der Waals surface area contributed by atoms with Gasteiger partial charge >= 0.3 is 0 Å². The zero-order chi connectivity index (χ0) is 11.6. The highest BCUT2D eigenvalue weighted by atomic mass is 15.2. The SMILES string of the molecule is CCNC(C#N)(CN(C)C1CCC1)C1CC1. The summed E-state index contributed by atoms with van der Waals surface area (Å²) in [6.07, 6.45) is 6.43. The van der Waals surface area contributed by atoms with Crippen LogP contribution in [0.3, 0.4) is 0 Å². The first-order valence-corrected chi connectivity index (χ1v) is 6.58. The molecular formula is C13H23N3. The number of hydrogen-bond donors (Lipinski definition) is 1. The lowest BCUT2D eigenvalue weighted by Crippen LogP contribution is -2.56. The summed E-state index contributed by atoms with van der Waals surface area (Å²) in [5.41, 5.74) is -0.279. The van der Waals surface area contributed by atoms with E-state index in [1.165, 1.54) is 32.1 Å². The number of likely N-dealkylation sites (N-methyl/N-ethyl adjacent to an activating group) is 2. The van der Waals surface area contributed by atoms with Crippen LogP contribution < -0.4 is 5.32 Å². The van der Waals surface area contributed by atoms with E-state index in [1.54, 1.807) is 0 Å². The Morgan fingerprint density at radius 3 is 2.44 bits per heavy atom. The van der Waals surface area contributed by atoms with Crippen molar-refractivity contribution in [3.63, 3.8) is 0 Å². The van der Waals surface area contributed by atoms with Gasteiger partial charge in [0.05, 0.1) is 6.07 Å². The molecule has 3 nitrogen and oxygen atoms in total. The molecule has 0 spiro atoms. The minimum absolute atomic E-state index is 0.279. The third kappa shape index (κ3) is 2.23. The predicted molar refractivity (Wildman–Crippen MR) is 65.0 cm³/mol. The highest BCUT2D eigenvalue weighted by Gasteiger charge is 2.46. The third-order valence-corrected chi connectivity index (χ3v) is 4.16. The molecule has 1 atom stereocenters. The highest BCUT2D eigenvalue weighted by Crippen LogP contribution is 2.40. The molecule has 0 aromatic heterocycles. The average molecular weight is 221 g/mol. The fourth-order valence-corrected chi connectivity index (χ4v) is 2.74. The molecule has 0 aliphatic heterocycles. The van der Waals surface area contributed by atoms with Crippen molar-refractivity contribution in [3.8, 4) is 6.07 Å². The van der Waals surface area contributed by atoms with Gasteiger partial charge in [0.15, 0.2) is 0 Å². The molecule has 2 fully saturated rings. The van der Waals surface area contributed by atoms with Gasteiger partial charge in [-0.1, -0.05) is 13.3 Å². The van der Waals surface area contributed by atoms with Crippen LogP contribution in [0.5, 0.6) is 0 Å². The maximum absolute atomic E-state index is 9.50. The molecule has 16 heavy (non-hydrogen) atoms. The summed E-state index contributed by atoms with van der Waals surface area (Å²) in [5.74, 6) is 0.583. The molecule has 0 heterocycles. The fraction of sp³-hybridized carbons (Fsp3) is 0.923.